The first-order chi connectivity index (χ1) is 11.3. The van der Waals surface area contributed by atoms with Crippen LogP contribution in [0.4, 0.5) is 18.9 Å². The normalized spacial score (nSPS) is 11.0. The van der Waals surface area contributed by atoms with Crippen molar-refractivity contribution in [1.82, 2.24) is 10.3 Å². The molecule has 0 aliphatic carbocycles. The first-order valence-electron chi connectivity index (χ1n) is 6.62. The number of amides is 2. The third-order valence-electron chi connectivity index (χ3n) is 2.94. The third kappa shape index (κ3) is 4.69. The van der Waals surface area contributed by atoms with Gasteiger partial charge < -0.3 is 10.6 Å². The molecule has 0 aliphatic rings. The summed E-state index contributed by atoms with van der Waals surface area (Å²) in [5, 5.41) is 4.10. The summed E-state index contributed by atoms with van der Waals surface area (Å²) in [6, 6.07) is 6.09. The van der Waals surface area contributed by atoms with Crippen LogP contribution in [-0.2, 0) is 22.3 Å². The monoisotopic (exact) mass is 357 g/mol. The molecule has 0 saturated heterocycles. The standard InChI is InChI=1S/C15H11ClF3N3O2/c16-10-1-2-12(11(7-10)15(17,18)19)22-14(24)13(23)21-8-9-3-5-20-6-4-9/h1-7H,8H2,(H,21,23)(H,22,24). The number of carbonyl (C=O) groups excluding carboxylic acids is 2. The molecule has 2 N–H and O–H groups in total. The van der Waals surface area contributed by atoms with E-state index < -0.39 is 29.2 Å². The highest BCUT2D eigenvalue weighted by Crippen LogP contribution is 2.36. The van der Waals surface area contributed by atoms with E-state index >= 15 is 0 Å². The lowest BCUT2D eigenvalue weighted by Gasteiger charge is -2.14. The van der Waals surface area contributed by atoms with E-state index in [0.717, 1.165) is 6.07 Å². The van der Waals surface area contributed by atoms with Gasteiger partial charge in [0, 0.05) is 24.0 Å². The number of nitrogens with one attached hydrogen (secondary N) is 2. The number of carbonyl (C=O) groups is 2. The zero-order chi connectivity index (χ0) is 17.7. The molecule has 2 aromatic rings. The number of hydrogen-bond acceptors (Lipinski definition) is 3. The minimum absolute atomic E-state index is 0.0432. The molecule has 126 valence electrons. The summed E-state index contributed by atoms with van der Waals surface area (Å²) >= 11 is 5.54. The lowest BCUT2D eigenvalue weighted by atomic mass is 10.1. The van der Waals surface area contributed by atoms with E-state index in [1.165, 1.54) is 18.5 Å². The molecule has 0 atom stereocenters. The highest BCUT2D eigenvalue weighted by molar-refractivity contribution is 6.39. The second kappa shape index (κ2) is 7.31. The second-order valence-electron chi connectivity index (χ2n) is 4.68. The maximum absolute atomic E-state index is 12.9. The maximum Gasteiger partial charge on any atom is 0.418 e. The minimum atomic E-state index is -4.72. The molecule has 5 nitrogen and oxygen atoms in total. The molecule has 1 aromatic carbocycles. The van der Waals surface area contributed by atoms with E-state index in [4.69, 9.17) is 11.6 Å². The van der Waals surface area contributed by atoms with Crippen LogP contribution in [0.25, 0.3) is 0 Å². The van der Waals surface area contributed by atoms with Crippen LogP contribution in [0.15, 0.2) is 42.7 Å². The number of alkyl halides is 3. The van der Waals surface area contributed by atoms with Gasteiger partial charge in [-0.25, -0.2) is 0 Å². The van der Waals surface area contributed by atoms with Crippen molar-refractivity contribution >= 4 is 29.1 Å². The first kappa shape index (κ1) is 17.7. The van der Waals surface area contributed by atoms with E-state index in [-0.39, 0.29) is 11.6 Å². The molecule has 0 spiro atoms. The number of aromatic nitrogens is 1. The van der Waals surface area contributed by atoms with Gasteiger partial charge in [0.15, 0.2) is 0 Å². The Labute approximate surface area is 139 Å². The topological polar surface area (TPSA) is 71.1 Å². The number of hydrogen-bond donors (Lipinski definition) is 2. The van der Waals surface area contributed by atoms with Crippen molar-refractivity contribution in [3.05, 3.63) is 58.9 Å². The Kier molecular flexibility index (Phi) is 5.40. The van der Waals surface area contributed by atoms with Gasteiger partial charge in [-0.2, -0.15) is 13.2 Å². The summed E-state index contributed by atoms with van der Waals surface area (Å²) < 4.78 is 38.8. The number of anilines is 1. The average Bonchev–Trinajstić information content (AvgIpc) is 2.54. The van der Waals surface area contributed by atoms with Crippen LogP contribution in [0.3, 0.4) is 0 Å². The predicted molar refractivity (Wildman–Crippen MR) is 81.2 cm³/mol. The summed E-state index contributed by atoms with van der Waals surface area (Å²) in [4.78, 5) is 27.3. The van der Waals surface area contributed by atoms with E-state index in [2.05, 4.69) is 10.3 Å². The number of rotatable bonds is 3. The molecule has 0 bridgehead atoms. The molecule has 24 heavy (non-hydrogen) atoms. The van der Waals surface area contributed by atoms with Crippen molar-refractivity contribution in [2.45, 2.75) is 12.7 Å². The Morgan fingerprint density at radius 2 is 1.75 bits per heavy atom. The zero-order valence-electron chi connectivity index (χ0n) is 12.0. The van der Waals surface area contributed by atoms with Crippen molar-refractivity contribution in [2.75, 3.05) is 5.32 Å². The number of pyridine rings is 1. The van der Waals surface area contributed by atoms with Gasteiger partial charge in [0.25, 0.3) is 0 Å². The fourth-order valence-electron chi connectivity index (χ4n) is 1.80. The highest BCUT2D eigenvalue weighted by Gasteiger charge is 2.34. The van der Waals surface area contributed by atoms with Crippen molar-refractivity contribution in [3.8, 4) is 0 Å². The van der Waals surface area contributed by atoms with E-state index in [0.29, 0.717) is 11.6 Å². The molecule has 2 amide bonds. The summed E-state index contributed by atoms with van der Waals surface area (Å²) in [7, 11) is 0. The molecule has 0 unspecified atom stereocenters. The molecule has 0 aliphatic heterocycles. The lowest BCUT2D eigenvalue weighted by Crippen LogP contribution is -2.35. The smallest absolute Gasteiger partial charge is 0.344 e. The molecular formula is C15H11ClF3N3O2. The lowest BCUT2D eigenvalue weighted by molar-refractivity contribution is -0.138. The van der Waals surface area contributed by atoms with Crippen LogP contribution in [-0.4, -0.2) is 16.8 Å². The van der Waals surface area contributed by atoms with Gasteiger partial charge in [-0.1, -0.05) is 11.6 Å². The number of halogens is 4. The number of benzene rings is 1. The largest absolute Gasteiger partial charge is 0.418 e. The molecule has 0 radical (unpaired) electrons. The molecular weight excluding hydrogens is 347 g/mol. The molecule has 2 rings (SSSR count). The van der Waals surface area contributed by atoms with Gasteiger partial charge >= 0.3 is 18.0 Å². The van der Waals surface area contributed by atoms with Crippen LogP contribution in [0, 0.1) is 0 Å². The van der Waals surface area contributed by atoms with Gasteiger partial charge in [-0.3, -0.25) is 14.6 Å². The summed E-state index contributed by atoms with van der Waals surface area (Å²) in [6.45, 7) is 0.0432. The van der Waals surface area contributed by atoms with E-state index in [1.54, 1.807) is 12.1 Å². The van der Waals surface area contributed by atoms with Gasteiger partial charge in [0.1, 0.15) is 0 Å². The fraction of sp³-hybridized carbons (Fsp3) is 0.133. The van der Waals surface area contributed by atoms with E-state index in [1.807, 2.05) is 5.32 Å². The first-order valence-corrected chi connectivity index (χ1v) is 7.00. The van der Waals surface area contributed by atoms with Crippen LogP contribution < -0.4 is 10.6 Å². The second-order valence-corrected chi connectivity index (χ2v) is 5.12. The van der Waals surface area contributed by atoms with Crippen LogP contribution in [0.2, 0.25) is 5.02 Å². The molecule has 0 fully saturated rings. The van der Waals surface area contributed by atoms with E-state index in [9.17, 15) is 22.8 Å². The molecule has 0 saturated carbocycles. The highest BCUT2D eigenvalue weighted by atomic mass is 35.5. The maximum atomic E-state index is 12.9. The van der Waals surface area contributed by atoms with Gasteiger partial charge in [-0.15, -0.1) is 0 Å². The Bertz CT molecular complexity index is 751. The van der Waals surface area contributed by atoms with Gasteiger partial charge in [-0.05, 0) is 35.9 Å². The van der Waals surface area contributed by atoms with Crippen LogP contribution >= 0.6 is 11.6 Å². The minimum Gasteiger partial charge on any atom is -0.344 e. The summed E-state index contributed by atoms with van der Waals surface area (Å²) in [5.41, 5.74) is -0.991. The Balaban J connectivity index is 2.05. The van der Waals surface area contributed by atoms with Crippen molar-refractivity contribution < 1.29 is 22.8 Å². The van der Waals surface area contributed by atoms with Gasteiger partial charge in [0.05, 0.1) is 11.3 Å². The molecule has 1 heterocycles. The van der Waals surface area contributed by atoms with Crippen molar-refractivity contribution in [1.29, 1.82) is 0 Å². The number of nitrogens with zero attached hydrogens (tertiary/aromatic N) is 1. The summed E-state index contributed by atoms with van der Waals surface area (Å²) in [5.74, 6) is -2.27. The Hall–Kier alpha value is -2.61. The predicted octanol–water partition coefficient (Wildman–Crippen LogP) is 3.01. The van der Waals surface area contributed by atoms with Crippen LogP contribution in [0.5, 0.6) is 0 Å². The van der Waals surface area contributed by atoms with Crippen LogP contribution in [0.1, 0.15) is 11.1 Å². The van der Waals surface area contributed by atoms with Crippen molar-refractivity contribution in [3.63, 3.8) is 0 Å². The Morgan fingerprint density at radius 1 is 1.08 bits per heavy atom. The summed E-state index contributed by atoms with van der Waals surface area (Å²) in [6.07, 6.45) is -1.71. The SMILES string of the molecule is O=C(NCc1ccncc1)C(=O)Nc1ccc(Cl)cc1C(F)(F)F. The quantitative estimate of drug-likeness (QED) is 0.829. The molecule has 9 heteroatoms. The van der Waals surface area contributed by atoms with Gasteiger partial charge in [0.2, 0.25) is 0 Å². The Morgan fingerprint density at radius 3 is 2.38 bits per heavy atom. The zero-order valence-corrected chi connectivity index (χ0v) is 12.8. The fourth-order valence-corrected chi connectivity index (χ4v) is 1.97. The average molecular weight is 358 g/mol. The van der Waals surface area contributed by atoms with Crippen molar-refractivity contribution in [2.24, 2.45) is 0 Å². The third-order valence-corrected chi connectivity index (χ3v) is 3.18. The molecule has 1 aromatic heterocycles.